The molecule has 0 saturated carbocycles. The average molecular weight is 285 g/mol. The maximum atomic E-state index is 10.7. The number of nitrogens with two attached hydrogens (primary N) is 1. The Balaban J connectivity index is 1.65. The third kappa shape index (κ3) is 3.00. The number of carbonyl (C=O) groups excluding carboxylic acids is 1. The number of hydrogen-bond acceptors (Lipinski definition) is 4. The number of nitrogens with one attached hydrogen (secondary N) is 2. The van der Waals surface area contributed by atoms with E-state index < -0.39 is 6.03 Å². The van der Waals surface area contributed by atoms with Crippen LogP contribution in [0.4, 0.5) is 16.2 Å². The van der Waals surface area contributed by atoms with Gasteiger partial charge in [0.05, 0.1) is 0 Å². The number of carbonyl (C=O) groups is 1. The molecule has 3 rings (SSSR count). The van der Waals surface area contributed by atoms with Gasteiger partial charge < -0.3 is 25.8 Å². The van der Waals surface area contributed by atoms with E-state index in [4.69, 9.17) is 15.2 Å². The highest BCUT2D eigenvalue weighted by atomic mass is 16.7. The van der Waals surface area contributed by atoms with Crippen LogP contribution in [-0.2, 0) is 6.54 Å². The van der Waals surface area contributed by atoms with Gasteiger partial charge >= 0.3 is 6.03 Å². The van der Waals surface area contributed by atoms with Gasteiger partial charge in [-0.05, 0) is 30.3 Å². The molecule has 6 heteroatoms. The molecule has 0 bridgehead atoms. The monoisotopic (exact) mass is 285 g/mol. The number of anilines is 2. The van der Waals surface area contributed by atoms with Crippen LogP contribution in [0.5, 0.6) is 11.5 Å². The zero-order valence-corrected chi connectivity index (χ0v) is 11.3. The first-order valence-electron chi connectivity index (χ1n) is 6.50. The normalized spacial score (nSPS) is 12.0. The SMILES string of the molecule is NC(=O)Nc1ccc(NCc2cccc3c2OCO3)cc1. The summed E-state index contributed by atoms with van der Waals surface area (Å²) in [5, 5.41) is 5.81. The smallest absolute Gasteiger partial charge is 0.316 e. The van der Waals surface area contributed by atoms with Gasteiger partial charge in [0.25, 0.3) is 0 Å². The Morgan fingerprint density at radius 3 is 2.62 bits per heavy atom. The molecule has 1 heterocycles. The van der Waals surface area contributed by atoms with Crippen LogP contribution >= 0.6 is 0 Å². The Hall–Kier alpha value is -2.89. The summed E-state index contributed by atoms with van der Waals surface area (Å²) in [6.45, 7) is 0.884. The van der Waals surface area contributed by atoms with Gasteiger partial charge in [-0.3, -0.25) is 0 Å². The highest BCUT2D eigenvalue weighted by Crippen LogP contribution is 2.35. The largest absolute Gasteiger partial charge is 0.454 e. The molecule has 0 unspecified atom stereocenters. The van der Waals surface area contributed by atoms with E-state index in [0.29, 0.717) is 12.2 Å². The number of primary amides is 1. The number of fused-ring (bicyclic) bond motifs is 1. The van der Waals surface area contributed by atoms with E-state index in [0.717, 1.165) is 22.7 Å². The van der Waals surface area contributed by atoms with E-state index in [-0.39, 0.29) is 6.79 Å². The van der Waals surface area contributed by atoms with Crippen LogP contribution in [0.15, 0.2) is 42.5 Å². The Morgan fingerprint density at radius 2 is 1.86 bits per heavy atom. The minimum atomic E-state index is -0.576. The summed E-state index contributed by atoms with van der Waals surface area (Å²) in [5.41, 5.74) is 7.68. The summed E-state index contributed by atoms with van der Waals surface area (Å²) >= 11 is 0. The number of hydrogen-bond donors (Lipinski definition) is 3. The van der Waals surface area contributed by atoms with Gasteiger partial charge in [-0.25, -0.2) is 4.79 Å². The van der Waals surface area contributed by atoms with Gasteiger partial charge in [0.1, 0.15) is 0 Å². The summed E-state index contributed by atoms with van der Waals surface area (Å²) in [6, 6.07) is 12.5. The van der Waals surface area contributed by atoms with E-state index in [2.05, 4.69) is 10.6 Å². The molecular formula is C15H15N3O3. The first-order chi connectivity index (χ1) is 10.2. The van der Waals surface area contributed by atoms with Crippen molar-refractivity contribution in [1.82, 2.24) is 0 Å². The Morgan fingerprint density at radius 1 is 1.10 bits per heavy atom. The van der Waals surface area contributed by atoms with Crippen molar-refractivity contribution in [2.75, 3.05) is 17.4 Å². The molecule has 1 aliphatic rings. The number of rotatable bonds is 4. The third-order valence-corrected chi connectivity index (χ3v) is 3.11. The molecule has 0 aromatic heterocycles. The second-order valence-corrected chi connectivity index (χ2v) is 4.57. The Labute approximate surface area is 121 Å². The van der Waals surface area contributed by atoms with Crippen molar-refractivity contribution in [1.29, 1.82) is 0 Å². The van der Waals surface area contributed by atoms with Crippen LogP contribution in [0.1, 0.15) is 5.56 Å². The van der Waals surface area contributed by atoms with Gasteiger partial charge in [0, 0.05) is 23.5 Å². The van der Waals surface area contributed by atoms with E-state index in [1.54, 1.807) is 12.1 Å². The highest BCUT2D eigenvalue weighted by Gasteiger charge is 2.16. The third-order valence-electron chi connectivity index (χ3n) is 3.11. The van der Waals surface area contributed by atoms with Crippen molar-refractivity contribution in [3.63, 3.8) is 0 Å². The molecule has 0 spiro atoms. The van der Waals surface area contributed by atoms with Gasteiger partial charge in [0.15, 0.2) is 11.5 Å². The van der Waals surface area contributed by atoms with Crippen molar-refractivity contribution in [3.05, 3.63) is 48.0 Å². The number of para-hydroxylation sites is 1. The lowest BCUT2D eigenvalue weighted by molar-refractivity contribution is 0.173. The van der Waals surface area contributed by atoms with E-state index in [1.165, 1.54) is 0 Å². The molecule has 0 fully saturated rings. The fraction of sp³-hybridized carbons (Fsp3) is 0.133. The lowest BCUT2D eigenvalue weighted by atomic mass is 10.2. The fourth-order valence-corrected chi connectivity index (χ4v) is 2.14. The zero-order chi connectivity index (χ0) is 14.7. The van der Waals surface area contributed by atoms with Crippen LogP contribution < -0.4 is 25.8 Å². The number of benzene rings is 2. The van der Waals surface area contributed by atoms with Crippen molar-refractivity contribution in [2.45, 2.75) is 6.54 Å². The topological polar surface area (TPSA) is 85.6 Å². The molecular weight excluding hydrogens is 270 g/mol. The minimum absolute atomic E-state index is 0.264. The molecule has 21 heavy (non-hydrogen) atoms. The molecule has 0 atom stereocenters. The van der Waals surface area contributed by atoms with E-state index >= 15 is 0 Å². The Bertz CT molecular complexity index is 656. The predicted octanol–water partition coefficient (Wildman–Crippen LogP) is 2.52. The number of amides is 2. The standard InChI is InChI=1S/C15H15N3O3/c16-15(19)18-12-6-4-11(5-7-12)17-8-10-2-1-3-13-14(10)21-9-20-13/h1-7,17H,8-9H2,(H3,16,18,19). The molecule has 6 nitrogen and oxygen atoms in total. The lowest BCUT2D eigenvalue weighted by Crippen LogP contribution is -2.19. The Kier molecular flexibility index (Phi) is 3.51. The van der Waals surface area contributed by atoms with Crippen molar-refractivity contribution < 1.29 is 14.3 Å². The van der Waals surface area contributed by atoms with Gasteiger partial charge in [-0.2, -0.15) is 0 Å². The first-order valence-corrected chi connectivity index (χ1v) is 6.50. The zero-order valence-electron chi connectivity index (χ0n) is 11.3. The first kappa shape index (κ1) is 13.1. The molecule has 2 amide bonds. The molecule has 2 aromatic carbocycles. The maximum absolute atomic E-state index is 10.7. The molecule has 4 N–H and O–H groups in total. The maximum Gasteiger partial charge on any atom is 0.316 e. The molecule has 0 aliphatic carbocycles. The summed E-state index contributed by atoms with van der Waals surface area (Å²) in [4.78, 5) is 10.7. The minimum Gasteiger partial charge on any atom is -0.454 e. The molecule has 2 aromatic rings. The van der Waals surface area contributed by atoms with Crippen LogP contribution in [-0.4, -0.2) is 12.8 Å². The quantitative estimate of drug-likeness (QED) is 0.805. The summed E-state index contributed by atoms with van der Waals surface area (Å²) < 4.78 is 10.8. The summed E-state index contributed by atoms with van der Waals surface area (Å²) in [6.07, 6.45) is 0. The highest BCUT2D eigenvalue weighted by molar-refractivity contribution is 5.87. The van der Waals surface area contributed by atoms with Crippen molar-refractivity contribution in [2.24, 2.45) is 5.73 Å². The molecule has 0 saturated heterocycles. The second kappa shape index (κ2) is 5.62. The molecule has 0 radical (unpaired) electrons. The number of urea groups is 1. The van der Waals surface area contributed by atoms with Crippen LogP contribution in [0.2, 0.25) is 0 Å². The van der Waals surface area contributed by atoms with Gasteiger partial charge in [-0.15, -0.1) is 0 Å². The number of ether oxygens (including phenoxy) is 2. The lowest BCUT2D eigenvalue weighted by Gasteiger charge is -2.09. The predicted molar refractivity (Wildman–Crippen MR) is 79.5 cm³/mol. The van der Waals surface area contributed by atoms with Crippen LogP contribution in [0, 0.1) is 0 Å². The summed E-state index contributed by atoms with van der Waals surface area (Å²) in [7, 11) is 0. The fourth-order valence-electron chi connectivity index (χ4n) is 2.14. The van der Waals surface area contributed by atoms with Gasteiger partial charge in [-0.1, -0.05) is 12.1 Å². The van der Waals surface area contributed by atoms with Crippen molar-refractivity contribution in [3.8, 4) is 11.5 Å². The average Bonchev–Trinajstić information content (AvgIpc) is 2.95. The molecule has 1 aliphatic heterocycles. The van der Waals surface area contributed by atoms with Crippen molar-refractivity contribution >= 4 is 17.4 Å². The van der Waals surface area contributed by atoms with E-state index in [9.17, 15) is 4.79 Å². The molecule has 108 valence electrons. The summed E-state index contributed by atoms with van der Waals surface area (Å²) in [5.74, 6) is 1.56. The van der Waals surface area contributed by atoms with Crippen LogP contribution in [0.3, 0.4) is 0 Å². The van der Waals surface area contributed by atoms with Crippen LogP contribution in [0.25, 0.3) is 0 Å². The van der Waals surface area contributed by atoms with E-state index in [1.807, 2.05) is 30.3 Å². The second-order valence-electron chi connectivity index (χ2n) is 4.57. The van der Waals surface area contributed by atoms with Gasteiger partial charge in [0.2, 0.25) is 6.79 Å².